The van der Waals surface area contributed by atoms with Gasteiger partial charge in [0.15, 0.2) is 5.96 Å². The van der Waals surface area contributed by atoms with Crippen LogP contribution in [0.1, 0.15) is 38.2 Å². The zero-order valence-electron chi connectivity index (χ0n) is 15.8. The summed E-state index contributed by atoms with van der Waals surface area (Å²) in [6.45, 7) is 8.19. The van der Waals surface area contributed by atoms with Crippen LogP contribution in [0.4, 0.5) is 0 Å². The van der Waals surface area contributed by atoms with Crippen molar-refractivity contribution < 1.29 is 9.47 Å². The number of nitrogens with zero attached hydrogens (tertiary/aromatic N) is 1. The van der Waals surface area contributed by atoms with Crippen molar-refractivity contribution in [3.05, 3.63) is 35.9 Å². The van der Waals surface area contributed by atoms with Crippen molar-refractivity contribution in [3.8, 4) is 0 Å². The van der Waals surface area contributed by atoms with Gasteiger partial charge in [0.05, 0.1) is 19.3 Å². The normalized spacial score (nSPS) is 26.1. The molecule has 0 bridgehead atoms. The zero-order chi connectivity index (χ0) is 17.5. The van der Waals surface area contributed by atoms with E-state index in [1.165, 1.54) is 12.0 Å². The molecule has 2 fully saturated rings. The largest absolute Gasteiger partial charge is 0.379 e. The van der Waals surface area contributed by atoms with E-state index in [0.29, 0.717) is 18.4 Å². The smallest absolute Gasteiger partial charge is 0.191 e. The van der Waals surface area contributed by atoms with Gasteiger partial charge < -0.3 is 20.1 Å². The van der Waals surface area contributed by atoms with Crippen molar-refractivity contribution in [2.45, 2.75) is 44.8 Å². The van der Waals surface area contributed by atoms with Crippen LogP contribution in [0.15, 0.2) is 35.3 Å². The van der Waals surface area contributed by atoms with Crippen LogP contribution in [0.2, 0.25) is 0 Å². The minimum absolute atomic E-state index is 0. The molecule has 26 heavy (non-hydrogen) atoms. The molecule has 6 heteroatoms. The predicted molar refractivity (Wildman–Crippen MR) is 116 cm³/mol. The lowest BCUT2D eigenvalue weighted by Gasteiger charge is -2.19. The van der Waals surface area contributed by atoms with Crippen molar-refractivity contribution in [1.29, 1.82) is 0 Å². The molecule has 0 amide bonds. The summed E-state index contributed by atoms with van der Waals surface area (Å²) in [5.74, 6) is 2.23. The molecule has 1 aromatic carbocycles. The van der Waals surface area contributed by atoms with Gasteiger partial charge in [0.25, 0.3) is 0 Å². The van der Waals surface area contributed by atoms with Gasteiger partial charge >= 0.3 is 0 Å². The van der Waals surface area contributed by atoms with Crippen LogP contribution in [-0.2, 0) is 9.47 Å². The first-order valence-electron chi connectivity index (χ1n) is 9.55. The first-order valence-corrected chi connectivity index (χ1v) is 9.55. The summed E-state index contributed by atoms with van der Waals surface area (Å²) >= 11 is 0. The van der Waals surface area contributed by atoms with Crippen molar-refractivity contribution in [1.82, 2.24) is 10.6 Å². The Bertz CT molecular complexity index is 549. The third-order valence-electron chi connectivity index (χ3n) is 4.83. The Morgan fingerprint density at radius 1 is 1.35 bits per heavy atom. The van der Waals surface area contributed by atoms with Crippen LogP contribution in [0.3, 0.4) is 0 Å². The quantitative estimate of drug-likeness (QED) is 0.346. The summed E-state index contributed by atoms with van der Waals surface area (Å²) < 4.78 is 11.2. The predicted octanol–water partition coefficient (Wildman–Crippen LogP) is 3.16. The van der Waals surface area contributed by atoms with Crippen LogP contribution in [0.5, 0.6) is 0 Å². The average Bonchev–Trinajstić information content (AvgIpc) is 3.22. The minimum Gasteiger partial charge on any atom is -0.379 e. The van der Waals surface area contributed by atoms with E-state index in [1.54, 1.807) is 0 Å². The Kier molecular flexibility index (Phi) is 9.15. The Balaban J connectivity index is 0.00000243. The van der Waals surface area contributed by atoms with Crippen molar-refractivity contribution in [2.24, 2.45) is 10.9 Å². The van der Waals surface area contributed by atoms with E-state index in [4.69, 9.17) is 14.5 Å². The molecule has 3 rings (SSSR count). The van der Waals surface area contributed by atoms with E-state index < -0.39 is 0 Å². The number of benzene rings is 1. The van der Waals surface area contributed by atoms with Crippen molar-refractivity contribution in [2.75, 3.05) is 32.9 Å². The van der Waals surface area contributed by atoms with Crippen molar-refractivity contribution in [3.63, 3.8) is 0 Å². The van der Waals surface area contributed by atoms with Gasteiger partial charge in [-0.05, 0) is 44.1 Å². The monoisotopic (exact) mass is 473 g/mol. The van der Waals surface area contributed by atoms with Gasteiger partial charge in [-0.2, -0.15) is 0 Å². The van der Waals surface area contributed by atoms with Gasteiger partial charge in [-0.3, -0.25) is 4.99 Å². The molecule has 1 saturated heterocycles. The molecule has 2 aliphatic rings. The van der Waals surface area contributed by atoms with E-state index in [9.17, 15) is 0 Å². The summed E-state index contributed by atoms with van der Waals surface area (Å²) in [7, 11) is 0. The molecular weight excluding hydrogens is 441 g/mol. The van der Waals surface area contributed by atoms with Gasteiger partial charge in [0.2, 0.25) is 0 Å². The maximum atomic E-state index is 5.89. The number of aliphatic imine (C=N–C) groups is 1. The Morgan fingerprint density at radius 3 is 2.85 bits per heavy atom. The molecule has 1 saturated carbocycles. The number of ether oxygens (including phenoxy) is 2. The fraction of sp³-hybridized carbons (Fsp3) is 0.650. The second-order valence-corrected chi connectivity index (χ2v) is 7.10. The summed E-state index contributed by atoms with van der Waals surface area (Å²) in [5.41, 5.74) is 1.45. The molecule has 0 spiro atoms. The van der Waals surface area contributed by atoms with Crippen LogP contribution >= 0.6 is 24.0 Å². The number of halogens is 1. The topological polar surface area (TPSA) is 54.9 Å². The first-order chi connectivity index (χ1) is 12.3. The number of nitrogens with one attached hydrogen (secondary N) is 2. The van der Waals surface area contributed by atoms with Gasteiger partial charge in [-0.15, -0.1) is 24.0 Å². The fourth-order valence-electron chi connectivity index (χ4n) is 3.29. The summed E-state index contributed by atoms with van der Waals surface area (Å²) in [4.78, 5) is 4.79. The Hall–Kier alpha value is -0.860. The third-order valence-corrected chi connectivity index (χ3v) is 4.83. The van der Waals surface area contributed by atoms with E-state index in [-0.39, 0.29) is 36.1 Å². The average molecular weight is 473 g/mol. The number of hydrogen-bond acceptors (Lipinski definition) is 3. The Labute approximate surface area is 174 Å². The SMILES string of the molecule is CCNC(=NCC1CC1c1ccccc1)NC(C)COC1CCOC1.I. The van der Waals surface area contributed by atoms with Crippen LogP contribution in [-0.4, -0.2) is 51.0 Å². The van der Waals surface area contributed by atoms with Gasteiger partial charge in [0.1, 0.15) is 0 Å². The molecule has 0 radical (unpaired) electrons. The molecule has 1 heterocycles. The Morgan fingerprint density at radius 2 is 2.15 bits per heavy atom. The molecule has 5 nitrogen and oxygen atoms in total. The highest BCUT2D eigenvalue weighted by atomic mass is 127. The first kappa shape index (κ1) is 21.4. The molecule has 0 aromatic heterocycles. The van der Waals surface area contributed by atoms with Gasteiger partial charge in [-0.25, -0.2) is 0 Å². The second-order valence-electron chi connectivity index (χ2n) is 7.10. The summed E-state index contributed by atoms with van der Waals surface area (Å²) in [6, 6.07) is 11.0. The maximum Gasteiger partial charge on any atom is 0.191 e. The van der Waals surface area contributed by atoms with E-state index in [1.807, 2.05) is 0 Å². The highest BCUT2D eigenvalue weighted by Crippen LogP contribution is 2.47. The van der Waals surface area contributed by atoms with Crippen LogP contribution < -0.4 is 10.6 Å². The molecule has 2 N–H and O–H groups in total. The maximum absolute atomic E-state index is 5.89. The van der Waals surface area contributed by atoms with Crippen LogP contribution in [0, 0.1) is 5.92 Å². The third kappa shape index (κ3) is 6.70. The summed E-state index contributed by atoms with van der Waals surface area (Å²) in [5, 5.41) is 6.79. The lowest BCUT2D eigenvalue weighted by Crippen LogP contribution is -2.44. The van der Waals surface area contributed by atoms with Gasteiger partial charge in [-0.1, -0.05) is 30.3 Å². The summed E-state index contributed by atoms with van der Waals surface area (Å²) in [6.07, 6.45) is 2.50. The highest BCUT2D eigenvalue weighted by molar-refractivity contribution is 14.0. The standard InChI is InChI=1S/C20H31N3O2.HI/c1-3-21-20(23-15(2)13-25-18-9-10-24-14-18)22-12-17-11-19(17)16-7-5-4-6-8-16;/h4-8,15,17-19H,3,9-14H2,1-2H3,(H2,21,22,23);1H. The van der Waals surface area contributed by atoms with Gasteiger partial charge in [0, 0.05) is 25.7 Å². The fourth-order valence-corrected chi connectivity index (χ4v) is 3.29. The second kappa shape index (κ2) is 11.1. The van der Waals surface area contributed by atoms with Crippen LogP contribution in [0.25, 0.3) is 0 Å². The van der Waals surface area contributed by atoms with Crippen molar-refractivity contribution >= 4 is 29.9 Å². The molecule has 1 aromatic rings. The molecule has 146 valence electrons. The molecular formula is C20H32IN3O2. The van der Waals surface area contributed by atoms with E-state index >= 15 is 0 Å². The molecule has 1 aliphatic heterocycles. The molecule has 4 atom stereocenters. The highest BCUT2D eigenvalue weighted by Gasteiger charge is 2.37. The number of rotatable bonds is 8. The number of hydrogen-bond donors (Lipinski definition) is 2. The zero-order valence-corrected chi connectivity index (χ0v) is 18.1. The number of guanidine groups is 1. The minimum atomic E-state index is 0. The molecule has 4 unspecified atom stereocenters. The molecule has 1 aliphatic carbocycles. The lowest BCUT2D eigenvalue weighted by molar-refractivity contribution is 0.0347. The lowest BCUT2D eigenvalue weighted by atomic mass is 10.1. The van der Waals surface area contributed by atoms with E-state index in [0.717, 1.165) is 38.7 Å². The van der Waals surface area contributed by atoms with E-state index in [2.05, 4.69) is 54.8 Å².